The normalized spacial score (nSPS) is 11.9. The van der Waals surface area contributed by atoms with Gasteiger partial charge in [-0.25, -0.2) is 4.98 Å². The number of aryl methyl sites for hydroxylation is 1. The molecule has 0 fully saturated rings. The van der Waals surface area contributed by atoms with Crippen molar-refractivity contribution in [1.82, 2.24) is 10.3 Å². The van der Waals surface area contributed by atoms with E-state index in [9.17, 15) is 4.79 Å². The van der Waals surface area contributed by atoms with Crippen LogP contribution in [0.1, 0.15) is 33.8 Å². The van der Waals surface area contributed by atoms with Gasteiger partial charge in [0.1, 0.15) is 0 Å². The van der Waals surface area contributed by atoms with E-state index >= 15 is 0 Å². The number of aromatic nitrogens is 1. The lowest BCUT2D eigenvalue weighted by Crippen LogP contribution is -2.27. The lowest BCUT2D eigenvalue weighted by Gasteiger charge is -2.11. The maximum Gasteiger partial charge on any atom is 0.251 e. The first-order valence-electron chi connectivity index (χ1n) is 6.36. The number of thiazole rings is 1. The van der Waals surface area contributed by atoms with Crippen LogP contribution < -0.4 is 16.6 Å². The van der Waals surface area contributed by atoms with Gasteiger partial charge in [-0.15, -0.1) is 11.3 Å². The summed E-state index contributed by atoms with van der Waals surface area (Å²) in [4.78, 5) is 16.3. The quantitative estimate of drug-likeness (QED) is 0.583. The van der Waals surface area contributed by atoms with Gasteiger partial charge >= 0.3 is 0 Å². The summed E-state index contributed by atoms with van der Waals surface area (Å²) < 4.78 is 0. The number of anilines is 1. The molecule has 2 aromatic rings. The standard InChI is InChI=1S/C14H18N4OS/c1-9-7-11(3-4-12(9)18-15)13(19)17-8-10(2)14-16-5-6-20-14/h3-7,10,18H,8,15H2,1-2H3,(H,17,19). The fourth-order valence-corrected chi connectivity index (χ4v) is 2.58. The molecule has 1 atom stereocenters. The van der Waals surface area contributed by atoms with E-state index in [0.29, 0.717) is 12.1 Å². The molecular weight excluding hydrogens is 272 g/mol. The van der Waals surface area contributed by atoms with Crippen molar-refractivity contribution in [1.29, 1.82) is 0 Å². The number of hydrogen-bond donors (Lipinski definition) is 3. The Bertz CT molecular complexity index is 583. The van der Waals surface area contributed by atoms with Crippen molar-refractivity contribution in [2.45, 2.75) is 19.8 Å². The van der Waals surface area contributed by atoms with Gasteiger partial charge in [0.2, 0.25) is 0 Å². The van der Waals surface area contributed by atoms with Crippen LogP contribution in [0.25, 0.3) is 0 Å². The van der Waals surface area contributed by atoms with Gasteiger partial charge in [0, 0.05) is 29.6 Å². The Morgan fingerprint density at radius 3 is 2.90 bits per heavy atom. The number of nitrogens with one attached hydrogen (secondary N) is 2. The topological polar surface area (TPSA) is 80.0 Å². The molecule has 5 nitrogen and oxygen atoms in total. The number of nitrogen functional groups attached to an aromatic ring is 1. The molecule has 0 saturated carbocycles. The van der Waals surface area contributed by atoms with Crippen molar-refractivity contribution in [3.05, 3.63) is 45.9 Å². The highest BCUT2D eigenvalue weighted by atomic mass is 32.1. The maximum absolute atomic E-state index is 12.1. The highest BCUT2D eigenvalue weighted by molar-refractivity contribution is 7.09. The fraction of sp³-hybridized carbons (Fsp3) is 0.286. The number of benzene rings is 1. The molecule has 0 aliphatic rings. The zero-order valence-corrected chi connectivity index (χ0v) is 12.3. The second-order valence-electron chi connectivity index (χ2n) is 4.66. The summed E-state index contributed by atoms with van der Waals surface area (Å²) in [6.07, 6.45) is 1.78. The van der Waals surface area contributed by atoms with E-state index in [1.165, 1.54) is 0 Å². The molecule has 1 aromatic carbocycles. The molecule has 6 heteroatoms. The molecule has 20 heavy (non-hydrogen) atoms. The third-order valence-corrected chi connectivity index (χ3v) is 4.09. The largest absolute Gasteiger partial charge is 0.351 e. The van der Waals surface area contributed by atoms with Crippen LogP contribution in [0.3, 0.4) is 0 Å². The highest BCUT2D eigenvalue weighted by Crippen LogP contribution is 2.17. The Hall–Kier alpha value is -1.92. The van der Waals surface area contributed by atoms with Crippen molar-refractivity contribution >= 4 is 22.9 Å². The van der Waals surface area contributed by atoms with E-state index in [2.05, 4.69) is 15.7 Å². The van der Waals surface area contributed by atoms with Gasteiger partial charge in [-0.3, -0.25) is 10.6 Å². The zero-order valence-electron chi connectivity index (χ0n) is 11.5. The minimum atomic E-state index is -0.0833. The van der Waals surface area contributed by atoms with Crippen LogP contribution in [0.5, 0.6) is 0 Å². The Morgan fingerprint density at radius 1 is 1.50 bits per heavy atom. The number of hydrogen-bond acceptors (Lipinski definition) is 5. The lowest BCUT2D eigenvalue weighted by atomic mass is 10.1. The van der Waals surface area contributed by atoms with E-state index < -0.39 is 0 Å². The summed E-state index contributed by atoms with van der Waals surface area (Å²) in [5.74, 6) is 5.50. The van der Waals surface area contributed by atoms with E-state index in [1.54, 1.807) is 29.7 Å². The fourth-order valence-electron chi connectivity index (χ4n) is 1.88. The molecule has 0 aliphatic heterocycles. The Kier molecular flexibility index (Phi) is 4.70. The van der Waals surface area contributed by atoms with E-state index in [4.69, 9.17) is 5.84 Å². The Labute approximate surface area is 122 Å². The molecule has 106 valence electrons. The maximum atomic E-state index is 12.1. The van der Waals surface area contributed by atoms with Crippen LogP contribution in [-0.2, 0) is 0 Å². The molecular formula is C14H18N4OS. The first-order valence-corrected chi connectivity index (χ1v) is 7.24. The van der Waals surface area contributed by atoms with Gasteiger partial charge in [0.25, 0.3) is 5.91 Å². The van der Waals surface area contributed by atoms with Crippen molar-refractivity contribution < 1.29 is 4.79 Å². The van der Waals surface area contributed by atoms with E-state index in [0.717, 1.165) is 16.3 Å². The van der Waals surface area contributed by atoms with Crippen LogP contribution in [0.4, 0.5) is 5.69 Å². The molecule has 0 spiro atoms. The summed E-state index contributed by atoms with van der Waals surface area (Å²) in [5.41, 5.74) is 4.98. The second-order valence-corrected chi connectivity index (χ2v) is 5.58. The summed E-state index contributed by atoms with van der Waals surface area (Å²) in [7, 11) is 0. The number of nitrogens with zero attached hydrogens (tertiary/aromatic N) is 1. The van der Waals surface area contributed by atoms with Crippen molar-refractivity contribution in [3.63, 3.8) is 0 Å². The molecule has 0 bridgehead atoms. The third-order valence-electron chi connectivity index (χ3n) is 3.09. The minimum Gasteiger partial charge on any atom is -0.351 e. The van der Waals surface area contributed by atoms with Crippen LogP contribution in [-0.4, -0.2) is 17.4 Å². The second kappa shape index (κ2) is 6.49. The summed E-state index contributed by atoms with van der Waals surface area (Å²) in [6, 6.07) is 5.37. The first-order chi connectivity index (χ1) is 9.61. The van der Waals surface area contributed by atoms with Crippen LogP contribution >= 0.6 is 11.3 Å². The average Bonchev–Trinajstić information content (AvgIpc) is 2.98. The SMILES string of the molecule is Cc1cc(C(=O)NCC(C)c2nccs2)ccc1NN. The first kappa shape index (κ1) is 14.5. The summed E-state index contributed by atoms with van der Waals surface area (Å²) in [5, 5.41) is 5.90. The van der Waals surface area contributed by atoms with Gasteiger partial charge in [0.15, 0.2) is 0 Å². The van der Waals surface area contributed by atoms with Gasteiger partial charge in [0.05, 0.1) is 10.7 Å². The Morgan fingerprint density at radius 2 is 2.30 bits per heavy atom. The summed E-state index contributed by atoms with van der Waals surface area (Å²) in [6.45, 7) is 4.53. The number of carbonyl (C=O) groups is 1. The number of amides is 1. The number of carbonyl (C=O) groups excluding carboxylic acids is 1. The molecule has 1 unspecified atom stereocenters. The minimum absolute atomic E-state index is 0.0833. The van der Waals surface area contributed by atoms with Crippen molar-refractivity contribution in [3.8, 4) is 0 Å². The predicted octanol–water partition coefficient (Wildman–Crippen LogP) is 2.27. The number of nitrogens with two attached hydrogens (primary N) is 1. The van der Waals surface area contributed by atoms with E-state index in [-0.39, 0.29) is 11.8 Å². The molecule has 0 aliphatic carbocycles. The van der Waals surface area contributed by atoms with Crippen molar-refractivity contribution in [2.75, 3.05) is 12.0 Å². The van der Waals surface area contributed by atoms with Crippen LogP contribution in [0, 0.1) is 6.92 Å². The molecule has 0 radical (unpaired) electrons. The number of rotatable bonds is 5. The third kappa shape index (κ3) is 3.34. The predicted molar refractivity (Wildman–Crippen MR) is 81.9 cm³/mol. The zero-order chi connectivity index (χ0) is 14.5. The molecule has 1 aromatic heterocycles. The number of hydrazine groups is 1. The average molecular weight is 290 g/mol. The van der Waals surface area contributed by atoms with Gasteiger partial charge in [-0.05, 0) is 30.7 Å². The molecule has 0 saturated heterocycles. The molecule has 1 amide bonds. The van der Waals surface area contributed by atoms with Crippen molar-refractivity contribution in [2.24, 2.45) is 5.84 Å². The Balaban J connectivity index is 1.96. The molecule has 1 heterocycles. The van der Waals surface area contributed by atoms with Gasteiger partial charge in [-0.1, -0.05) is 6.92 Å². The highest BCUT2D eigenvalue weighted by Gasteiger charge is 2.12. The van der Waals surface area contributed by atoms with Gasteiger partial charge < -0.3 is 10.7 Å². The van der Waals surface area contributed by atoms with E-state index in [1.807, 2.05) is 25.3 Å². The lowest BCUT2D eigenvalue weighted by molar-refractivity contribution is 0.0951. The van der Waals surface area contributed by atoms with Crippen LogP contribution in [0.15, 0.2) is 29.8 Å². The van der Waals surface area contributed by atoms with Crippen LogP contribution in [0.2, 0.25) is 0 Å². The smallest absolute Gasteiger partial charge is 0.251 e. The monoisotopic (exact) mass is 290 g/mol. The van der Waals surface area contributed by atoms with Gasteiger partial charge in [-0.2, -0.15) is 0 Å². The summed E-state index contributed by atoms with van der Waals surface area (Å²) >= 11 is 1.60. The molecule has 4 N–H and O–H groups in total. The molecule has 2 rings (SSSR count).